The fraction of sp³-hybridized carbons (Fsp3) is 0.333. The van der Waals surface area contributed by atoms with Gasteiger partial charge in [0.15, 0.2) is 0 Å². The molecule has 17 heavy (non-hydrogen) atoms. The van der Waals surface area contributed by atoms with Crippen molar-refractivity contribution in [2.45, 2.75) is 19.8 Å². The predicted octanol–water partition coefficient (Wildman–Crippen LogP) is 4.02. The van der Waals surface area contributed by atoms with Gasteiger partial charge in [0.2, 0.25) is 0 Å². The molecule has 5 heteroatoms. The van der Waals surface area contributed by atoms with Crippen molar-refractivity contribution in [1.29, 1.82) is 0 Å². The van der Waals surface area contributed by atoms with Gasteiger partial charge in [-0.05, 0) is 11.4 Å². The number of hydrogen-bond acceptors (Lipinski definition) is 4. The van der Waals surface area contributed by atoms with E-state index in [4.69, 9.17) is 11.6 Å². The third-order valence-corrected chi connectivity index (χ3v) is 3.73. The van der Waals surface area contributed by atoms with Gasteiger partial charge in [-0.3, -0.25) is 0 Å². The van der Waals surface area contributed by atoms with E-state index in [-0.39, 0.29) is 0 Å². The van der Waals surface area contributed by atoms with E-state index in [0.717, 1.165) is 27.2 Å². The number of thiophene rings is 1. The van der Waals surface area contributed by atoms with Crippen LogP contribution in [0.25, 0.3) is 10.6 Å². The Labute approximate surface area is 110 Å². The van der Waals surface area contributed by atoms with Gasteiger partial charge in [0.25, 0.3) is 0 Å². The van der Waals surface area contributed by atoms with Crippen LogP contribution in [-0.4, -0.2) is 17.0 Å². The number of aromatic nitrogens is 2. The zero-order chi connectivity index (χ0) is 12.4. The molecule has 2 aromatic rings. The molecule has 0 saturated heterocycles. The van der Waals surface area contributed by atoms with E-state index in [2.05, 4.69) is 29.1 Å². The summed E-state index contributed by atoms with van der Waals surface area (Å²) >= 11 is 7.72. The second kappa shape index (κ2) is 5.02. The quantitative estimate of drug-likeness (QED) is 0.913. The van der Waals surface area contributed by atoms with Gasteiger partial charge in [-0.25, -0.2) is 9.97 Å². The van der Waals surface area contributed by atoms with Crippen LogP contribution in [0, 0.1) is 0 Å². The molecule has 0 unspecified atom stereocenters. The van der Waals surface area contributed by atoms with Crippen LogP contribution < -0.4 is 5.32 Å². The van der Waals surface area contributed by atoms with Gasteiger partial charge in [-0.2, -0.15) is 0 Å². The van der Waals surface area contributed by atoms with Crippen LogP contribution >= 0.6 is 22.9 Å². The molecule has 0 saturated carbocycles. The molecule has 0 amide bonds. The zero-order valence-corrected chi connectivity index (χ0v) is 11.6. The van der Waals surface area contributed by atoms with E-state index in [9.17, 15) is 0 Å². The molecule has 0 aliphatic heterocycles. The monoisotopic (exact) mass is 267 g/mol. The molecule has 0 atom stereocenters. The summed E-state index contributed by atoms with van der Waals surface area (Å²) in [5.41, 5.74) is 0.882. The van der Waals surface area contributed by atoms with E-state index in [1.54, 1.807) is 11.3 Å². The van der Waals surface area contributed by atoms with Crippen molar-refractivity contribution in [1.82, 2.24) is 9.97 Å². The average Bonchev–Trinajstić information content (AvgIpc) is 2.74. The Hall–Kier alpha value is -1.13. The van der Waals surface area contributed by atoms with Gasteiger partial charge >= 0.3 is 0 Å². The standard InChI is InChI=1S/C12H14ClN3S/c1-7(2)12-15-9(6-10(14-3)16-12)11-8(13)4-5-17-11/h4-7H,1-3H3,(H,14,15,16). The molecular formula is C12H14ClN3S. The van der Waals surface area contributed by atoms with Crippen LogP contribution in [0.2, 0.25) is 5.02 Å². The lowest BCUT2D eigenvalue weighted by Crippen LogP contribution is -2.02. The fourth-order valence-electron chi connectivity index (χ4n) is 1.44. The topological polar surface area (TPSA) is 37.8 Å². The first kappa shape index (κ1) is 12.3. The first-order valence-electron chi connectivity index (χ1n) is 5.42. The Kier molecular flexibility index (Phi) is 3.64. The second-order valence-corrected chi connectivity index (χ2v) is 5.32. The largest absolute Gasteiger partial charge is 0.373 e. The van der Waals surface area contributed by atoms with Crippen molar-refractivity contribution in [3.8, 4) is 10.6 Å². The number of rotatable bonds is 3. The number of nitrogens with one attached hydrogen (secondary N) is 1. The summed E-state index contributed by atoms with van der Waals surface area (Å²) in [6.45, 7) is 4.16. The Bertz CT molecular complexity index is 522. The summed E-state index contributed by atoms with van der Waals surface area (Å²) in [5, 5.41) is 5.76. The molecular weight excluding hydrogens is 254 g/mol. The van der Waals surface area contributed by atoms with Crippen molar-refractivity contribution >= 4 is 28.8 Å². The number of nitrogens with zero attached hydrogens (tertiary/aromatic N) is 2. The first-order valence-corrected chi connectivity index (χ1v) is 6.67. The van der Waals surface area contributed by atoms with E-state index >= 15 is 0 Å². The minimum atomic E-state index is 0.292. The van der Waals surface area contributed by atoms with Gasteiger partial charge in [-0.1, -0.05) is 25.4 Å². The maximum absolute atomic E-state index is 6.13. The number of anilines is 1. The Morgan fingerprint density at radius 3 is 2.65 bits per heavy atom. The lowest BCUT2D eigenvalue weighted by molar-refractivity contribution is 0.778. The number of hydrogen-bond donors (Lipinski definition) is 1. The van der Waals surface area contributed by atoms with Crippen molar-refractivity contribution in [2.24, 2.45) is 0 Å². The molecule has 0 radical (unpaired) electrons. The SMILES string of the molecule is CNc1cc(-c2sccc2Cl)nc(C(C)C)n1. The van der Waals surface area contributed by atoms with Crippen LogP contribution in [0.4, 0.5) is 5.82 Å². The first-order chi connectivity index (χ1) is 8.11. The van der Waals surface area contributed by atoms with E-state index in [1.165, 1.54) is 0 Å². The summed E-state index contributed by atoms with van der Waals surface area (Å²) in [5.74, 6) is 1.94. The zero-order valence-electron chi connectivity index (χ0n) is 9.99. The van der Waals surface area contributed by atoms with Gasteiger partial charge in [0.1, 0.15) is 11.6 Å². The van der Waals surface area contributed by atoms with E-state index in [1.807, 2.05) is 24.6 Å². The molecule has 2 heterocycles. The summed E-state index contributed by atoms with van der Waals surface area (Å²) in [4.78, 5) is 9.98. The van der Waals surface area contributed by atoms with Crippen molar-refractivity contribution in [3.05, 3.63) is 28.4 Å². The molecule has 0 spiro atoms. The van der Waals surface area contributed by atoms with Gasteiger partial charge in [0.05, 0.1) is 15.6 Å². The van der Waals surface area contributed by atoms with Crippen molar-refractivity contribution < 1.29 is 0 Å². The van der Waals surface area contributed by atoms with Crippen LogP contribution in [0.1, 0.15) is 25.6 Å². The molecule has 2 aromatic heterocycles. The molecule has 3 nitrogen and oxygen atoms in total. The molecule has 1 N–H and O–H groups in total. The Balaban J connectivity index is 2.54. The maximum atomic E-state index is 6.13. The van der Waals surface area contributed by atoms with E-state index < -0.39 is 0 Å². The predicted molar refractivity (Wildman–Crippen MR) is 74.0 cm³/mol. The molecule has 0 aliphatic rings. The second-order valence-electron chi connectivity index (χ2n) is 4.00. The summed E-state index contributed by atoms with van der Waals surface area (Å²) in [6, 6.07) is 3.81. The Morgan fingerprint density at radius 2 is 2.12 bits per heavy atom. The fourth-order valence-corrected chi connectivity index (χ4v) is 2.56. The molecule has 0 aromatic carbocycles. The van der Waals surface area contributed by atoms with Gasteiger partial charge in [-0.15, -0.1) is 11.3 Å². The molecule has 0 aliphatic carbocycles. The highest BCUT2D eigenvalue weighted by molar-refractivity contribution is 7.14. The summed E-state index contributed by atoms with van der Waals surface area (Å²) in [7, 11) is 1.85. The highest BCUT2D eigenvalue weighted by Gasteiger charge is 2.12. The molecule has 90 valence electrons. The normalized spacial score (nSPS) is 10.9. The lowest BCUT2D eigenvalue weighted by Gasteiger charge is -2.09. The third kappa shape index (κ3) is 2.58. The van der Waals surface area contributed by atoms with Crippen LogP contribution in [0.3, 0.4) is 0 Å². The van der Waals surface area contributed by atoms with Crippen LogP contribution in [-0.2, 0) is 0 Å². The van der Waals surface area contributed by atoms with Crippen molar-refractivity contribution in [3.63, 3.8) is 0 Å². The smallest absolute Gasteiger partial charge is 0.133 e. The summed E-state index contributed by atoms with van der Waals surface area (Å²) < 4.78 is 0. The minimum absolute atomic E-state index is 0.292. The average molecular weight is 268 g/mol. The van der Waals surface area contributed by atoms with Crippen molar-refractivity contribution in [2.75, 3.05) is 12.4 Å². The molecule has 0 fully saturated rings. The summed E-state index contributed by atoms with van der Waals surface area (Å²) in [6.07, 6.45) is 0. The van der Waals surface area contributed by atoms with Crippen LogP contribution in [0.5, 0.6) is 0 Å². The minimum Gasteiger partial charge on any atom is -0.373 e. The van der Waals surface area contributed by atoms with Gasteiger partial charge < -0.3 is 5.32 Å². The third-order valence-electron chi connectivity index (χ3n) is 2.37. The van der Waals surface area contributed by atoms with Gasteiger partial charge in [0, 0.05) is 19.0 Å². The highest BCUT2D eigenvalue weighted by atomic mass is 35.5. The molecule has 2 rings (SSSR count). The highest BCUT2D eigenvalue weighted by Crippen LogP contribution is 2.33. The number of halogens is 1. The lowest BCUT2D eigenvalue weighted by atomic mass is 10.2. The van der Waals surface area contributed by atoms with E-state index in [0.29, 0.717) is 5.92 Å². The maximum Gasteiger partial charge on any atom is 0.133 e. The Morgan fingerprint density at radius 1 is 1.35 bits per heavy atom. The molecule has 0 bridgehead atoms. The van der Waals surface area contributed by atoms with Crippen LogP contribution in [0.15, 0.2) is 17.5 Å².